The Morgan fingerprint density at radius 2 is 1.85 bits per heavy atom. The van der Waals surface area contributed by atoms with E-state index in [1.54, 1.807) is 21.6 Å². The second kappa shape index (κ2) is 11.2. The quantitative estimate of drug-likeness (QED) is 0.220. The van der Waals surface area contributed by atoms with Crippen LogP contribution < -0.4 is 5.32 Å². The van der Waals surface area contributed by atoms with E-state index in [1.807, 2.05) is 13.8 Å². The summed E-state index contributed by atoms with van der Waals surface area (Å²) < 4.78 is 10.2. The van der Waals surface area contributed by atoms with E-state index in [-0.39, 0.29) is 17.3 Å². The molecule has 1 aliphatic heterocycles. The SMILES string of the molecule is CC(=O)OCC(C)(C)SSCCOCCNC(=O)CN1C(=O)C=CC1=O. The maximum Gasteiger partial charge on any atom is 0.302 e. The number of imide groups is 1. The molecule has 0 aromatic rings. The van der Waals surface area contributed by atoms with E-state index in [2.05, 4.69) is 5.32 Å². The maximum atomic E-state index is 11.7. The smallest absolute Gasteiger partial charge is 0.302 e. The van der Waals surface area contributed by atoms with Crippen LogP contribution >= 0.6 is 21.6 Å². The molecule has 0 spiro atoms. The highest BCUT2D eigenvalue weighted by molar-refractivity contribution is 8.77. The molecule has 1 N–H and O–H groups in total. The summed E-state index contributed by atoms with van der Waals surface area (Å²) in [6, 6.07) is 0. The summed E-state index contributed by atoms with van der Waals surface area (Å²) >= 11 is 0. The van der Waals surface area contributed by atoms with Crippen molar-refractivity contribution in [2.45, 2.75) is 25.5 Å². The zero-order valence-corrected chi connectivity index (χ0v) is 16.7. The van der Waals surface area contributed by atoms with Gasteiger partial charge in [0, 0.05) is 31.4 Å². The number of hydrogen-bond acceptors (Lipinski definition) is 8. The van der Waals surface area contributed by atoms with Crippen molar-refractivity contribution >= 4 is 45.3 Å². The number of esters is 1. The van der Waals surface area contributed by atoms with Gasteiger partial charge in [-0.2, -0.15) is 0 Å². The van der Waals surface area contributed by atoms with Crippen LogP contribution in [0.5, 0.6) is 0 Å². The first kappa shape index (κ1) is 22.5. The van der Waals surface area contributed by atoms with Gasteiger partial charge in [0.2, 0.25) is 5.91 Å². The third kappa shape index (κ3) is 9.25. The molecule has 0 aromatic heterocycles. The fourth-order valence-electron chi connectivity index (χ4n) is 1.74. The van der Waals surface area contributed by atoms with Gasteiger partial charge in [-0.05, 0) is 13.8 Å². The highest BCUT2D eigenvalue weighted by Gasteiger charge is 2.25. The van der Waals surface area contributed by atoms with Gasteiger partial charge < -0.3 is 14.8 Å². The predicted molar refractivity (Wildman–Crippen MR) is 100 cm³/mol. The molecule has 0 atom stereocenters. The summed E-state index contributed by atoms with van der Waals surface area (Å²) in [6.07, 6.45) is 2.28. The second-order valence-corrected chi connectivity index (χ2v) is 9.13. The lowest BCUT2D eigenvalue weighted by Crippen LogP contribution is -2.41. The summed E-state index contributed by atoms with van der Waals surface area (Å²) in [5.74, 6) is -0.898. The van der Waals surface area contributed by atoms with Crippen LogP contribution in [0, 0.1) is 0 Å². The third-order valence-electron chi connectivity index (χ3n) is 2.99. The Hall–Kier alpha value is -1.52. The van der Waals surface area contributed by atoms with Crippen LogP contribution in [0.2, 0.25) is 0 Å². The van der Waals surface area contributed by atoms with Gasteiger partial charge in [-0.1, -0.05) is 21.6 Å². The van der Waals surface area contributed by atoms with Crippen molar-refractivity contribution < 1.29 is 28.7 Å². The van der Waals surface area contributed by atoms with Crippen molar-refractivity contribution in [2.75, 3.05) is 38.7 Å². The molecule has 1 aliphatic rings. The molecule has 0 radical (unpaired) electrons. The van der Waals surface area contributed by atoms with Gasteiger partial charge in [-0.15, -0.1) is 0 Å². The molecule has 0 aromatic carbocycles. The third-order valence-corrected chi connectivity index (χ3v) is 6.22. The summed E-state index contributed by atoms with van der Waals surface area (Å²) in [7, 11) is 3.24. The normalized spacial score (nSPS) is 14.0. The van der Waals surface area contributed by atoms with Crippen LogP contribution in [0.25, 0.3) is 0 Å². The average Bonchev–Trinajstić information content (AvgIpc) is 2.87. The van der Waals surface area contributed by atoms with E-state index in [1.165, 1.54) is 6.92 Å². The number of nitrogens with one attached hydrogen (secondary N) is 1. The Bertz CT molecular complexity index is 547. The van der Waals surface area contributed by atoms with Crippen LogP contribution in [-0.2, 0) is 28.7 Å². The van der Waals surface area contributed by atoms with Crippen molar-refractivity contribution in [1.29, 1.82) is 0 Å². The molecule has 0 saturated carbocycles. The fraction of sp³-hybridized carbons (Fsp3) is 0.625. The zero-order valence-electron chi connectivity index (χ0n) is 15.1. The molecule has 3 amide bonds. The summed E-state index contributed by atoms with van der Waals surface area (Å²) in [4.78, 5) is 46.0. The Labute approximate surface area is 160 Å². The molecule has 0 aliphatic carbocycles. The predicted octanol–water partition coefficient (Wildman–Crippen LogP) is 0.767. The molecule has 10 heteroatoms. The van der Waals surface area contributed by atoms with E-state index in [4.69, 9.17) is 9.47 Å². The molecule has 1 heterocycles. The maximum absolute atomic E-state index is 11.7. The lowest BCUT2D eigenvalue weighted by molar-refractivity contribution is -0.142. The Balaban J connectivity index is 2.00. The number of ether oxygens (including phenoxy) is 2. The second-order valence-electron chi connectivity index (χ2n) is 6.00. The first-order valence-corrected chi connectivity index (χ1v) is 10.3. The number of amides is 3. The van der Waals surface area contributed by atoms with E-state index in [0.29, 0.717) is 26.4 Å². The van der Waals surface area contributed by atoms with E-state index in [9.17, 15) is 19.2 Å². The topological polar surface area (TPSA) is 102 Å². The molecule has 146 valence electrons. The van der Waals surface area contributed by atoms with Crippen molar-refractivity contribution in [1.82, 2.24) is 10.2 Å². The van der Waals surface area contributed by atoms with Crippen LogP contribution in [0.3, 0.4) is 0 Å². The largest absolute Gasteiger partial charge is 0.464 e. The Kier molecular flexibility index (Phi) is 9.74. The molecule has 0 unspecified atom stereocenters. The molecular formula is C16H24N2O6S2. The molecule has 1 rings (SSSR count). The molecule has 0 bridgehead atoms. The number of rotatable bonds is 12. The summed E-state index contributed by atoms with van der Waals surface area (Å²) in [6.45, 7) is 6.61. The van der Waals surface area contributed by atoms with Gasteiger partial charge in [0.1, 0.15) is 13.2 Å². The molecule has 0 saturated heterocycles. The highest BCUT2D eigenvalue weighted by Crippen LogP contribution is 2.35. The van der Waals surface area contributed by atoms with E-state index in [0.717, 1.165) is 22.8 Å². The monoisotopic (exact) mass is 404 g/mol. The van der Waals surface area contributed by atoms with Crippen LogP contribution in [0.1, 0.15) is 20.8 Å². The number of carbonyl (C=O) groups excluding carboxylic acids is 4. The van der Waals surface area contributed by atoms with Gasteiger partial charge in [-0.25, -0.2) is 0 Å². The first-order chi connectivity index (χ1) is 12.2. The average molecular weight is 405 g/mol. The zero-order chi connectivity index (χ0) is 19.6. The Morgan fingerprint density at radius 1 is 1.19 bits per heavy atom. The first-order valence-electron chi connectivity index (χ1n) is 8.03. The number of carbonyl (C=O) groups is 4. The van der Waals surface area contributed by atoms with E-state index >= 15 is 0 Å². The van der Waals surface area contributed by atoms with Crippen LogP contribution in [0.15, 0.2) is 12.2 Å². The summed E-state index contributed by atoms with van der Waals surface area (Å²) in [5, 5.41) is 2.59. The molecule has 0 fully saturated rings. The molecule has 8 nitrogen and oxygen atoms in total. The van der Waals surface area contributed by atoms with Gasteiger partial charge >= 0.3 is 5.97 Å². The van der Waals surface area contributed by atoms with Crippen LogP contribution in [0.4, 0.5) is 0 Å². The van der Waals surface area contributed by atoms with Crippen molar-refractivity contribution in [3.63, 3.8) is 0 Å². The molecular weight excluding hydrogens is 380 g/mol. The minimum Gasteiger partial charge on any atom is -0.464 e. The van der Waals surface area contributed by atoms with Gasteiger partial charge in [0.05, 0.1) is 18.0 Å². The minimum absolute atomic E-state index is 0.177. The van der Waals surface area contributed by atoms with Gasteiger partial charge in [0.25, 0.3) is 11.8 Å². The highest BCUT2D eigenvalue weighted by atomic mass is 33.1. The van der Waals surface area contributed by atoms with Gasteiger partial charge in [-0.3, -0.25) is 24.1 Å². The molecule has 26 heavy (non-hydrogen) atoms. The van der Waals surface area contributed by atoms with Crippen molar-refractivity contribution in [3.05, 3.63) is 12.2 Å². The van der Waals surface area contributed by atoms with Crippen molar-refractivity contribution in [3.8, 4) is 0 Å². The lowest BCUT2D eigenvalue weighted by Gasteiger charge is -2.22. The standard InChI is InChI=1S/C16H24N2O6S2/c1-12(19)24-11-16(2,3)26-25-9-8-23-7-6-17-13(20)10-18-14(21)4-5-15(18)22/h4-5H,6-11H2,1-3H3,(H,17,20). The Morgan fingerprint density at radius 3 is 2.46 bits per heavy atom. The number of hydrogen-bond donors (Lipinski definition) is 1. The summed E-state index contributed by atoms with van der Waals surface area (Å²) in [5.41, 5.74) is 0. The van der Waals surface area contributed by atoms with E-state index < -0.39 is 17.7 Å². The van der Waals surface area contributed by atoms with Crippen LogP contribution in [-0.4, -0.2) is 72.0 Å². The minimum atomic E-state index is -0.479. The number of nitrogens with zero attached hydrogens (tertiary/aromatic N) is 1. The van der Waals surface area contributed by atoms with Gasteiger partial charge in [0.15, 0.2) is 0 Å². The van der Waals surface area contributed by atoms with Crippen molar-refractivity contribution in [2.24, 2.45) is 0 Å². The fourth-order valence-corrected chi connectivity index (χ4v) is 4.00. The lowest BCUT2D eigenvalue weighted by atomic mass is 10.2.